The number of fused-ring (bicyclic) bond motifs is 1. The lowest BCUT2D eigenvalue weighted by Gasteiger charge is -2.09. The maximum Gasteiger partial charge on any atom is 0.416 e. The number of hydrogen-bond acceptors (Lipinski definition) is 2. The standard InChI is InChI=1S/C20H17ClF4N2O/c21-17-11-15(22)7-5-13(17)12-27-19-10-14(20(23,24)25)6-8-16(19)18(26-27)4-2-1-3-9-28/h2,4-8,10-11,28H,1,3,9,12H2/b4-2+. The summed E-state index contributed by atoms with van der Waals surface area (Å²) in [6, 6.07) is 7.33. The van der Waals surface area contributed by atoms with Crippen LogP contribution in [0.1, 0.15) is 29.7 Å². The van der Waals surface area contributed by atoms with Crippen molar-refractivity contribution in [3.05, 3.63) is 70.1 Å². The average Bonchev–Trinajstić information content (AvgIpc) is 2.97. The topological polar surface area (TPSA) is 38.1 Å². The SMILES string of the molecule is OCCC/C=C/c1nn(Cc2ccc(F)cc2Cl)c2cc(C(F)(F)F)ccc12. The van der Waals surface area contributed by atoms with Gasteiger partial charge in [0.15, 0.2) is 0 Å². The molecule has 3 nitrogen and oxygen atoms in total. The minimum Gasteiger partial charge on any atom is -0.396 e. The van der Waals surface area contributed by atoms with E-state index >= 15 is 0 Å². The predicted molar refractivity (Wildman–Crippen MR) is 101 cm³/mol. The van der Waals surface area contributed by atoms with E-state index in [4.69, 9.17) is 16.7 Å². The second-order valence-electron chi connectivity index (χ2n) is 6.28. The van der Waals surface area contributed by atoms with Crippen LogP contribution in [0.4, 0.5) is 17.6 Å². The molecular formula is C20H17ClF4N2O. The highest BCUT2D eigenvalue weighted by Gasteiger charge is 2.31. The Kier molecular flexibility index (Phi) is 6.05. The number of aliphatic hydroxyl groups excluding tert-OH is 1. The fraction of sp³-hybridized carbons (Fsp3) is 0.250. The van der Waals surface area contributed by atoms with Crippen LogP contribution in [-0.4, -0.2) is 21.5 Å². The number of halogens is 5. The Morgan fingerprint density at radius 3 is 2.61 bits per heavy atom. The van der Waals surface area contributed by atoms with Crippen LogP contribution in [0.3, 0.4) is 0 Å². The zero-order valence-electron chi connectivity index (χ0n) is 14.7. The first-order chi connectivity index (χ1) is 13.3. The molecule has 28 heavy (non-hydrogen) atoms. The second kappa shape index (κ2) is 8.32. The van der Waals surface area contributed by atoms with Gasteiger partial charge < -0.3 is 5.11 Å². The van der Waals surface area contributed by atoms with Crippen LogP contribution in [0.5, 0.6) is 0 Å². The molecule has 0 amide bonds. The first-order valence-corrected chi connectivity index (χ1v) is 8.96. The lowest BCUT2D eigenvalue weighted by atomic mass is 10.1. The average molecular weight is 413 g/mol. The highest BCUT2D eigenvalue weighted by Crippen LogP contribution is 2.33. The summed E-state index contributed by atoms with van der Waals surface area (Å²) < 4.78 is 54.1. The zero-order valence-corrected chi connectivity index (χ0v) is 15.4. The Morgan fingerprint density at radius 1 is 1.14 bits per heavy atom. The molecule has 0 radical (unpaired) electrons. The first-order valence-electron chi connectivity index (χ1n) is 8.58. The van der Waals surface area contributed by atoms with Gasteiger partial charge in [-0.05, 0) is 54.8 Å². The third-order valence-electron chi connectivity index (χ3n) is 4.25. The van der Waals surface area contributed by atoms with Crippen molar-refractivity contribution in [2.24, 2.45) is 0 Å². The number of allylic oxidation sites excluding steroid dienone is 1. The smallest absolute Gasteiger partial charge is 0.396 e. The predicted octanol–water partition coefficient (Wildman–Crippen LogP) is 5.68. The van der Waals surface area contributed by atoms with Crippen LogP contribution in [0.2, 0.25) is 5.02 Å². The number of benzene rings is 2. The molecule has 0 aliphatic carbocycles. The Labute approximate surface area is 163 Å². The molecule has 3 aromatic rings. The van der Waals surface area contributed by atoms with Crippen LogP contribution in [-0.2, 0) is 12.7 Å². The van der Waals surface area contributed by atoms with Gasteiger partial charge in [-0.3, -0.25) is 4.68 Å². The summed E-state index contributed by atoms with van der Waals surface area (Å²) in [5.74, 6) is -0.495. The monoisotopic (exact) mass is 412 g/mol. The van der Waals surface area contributed by atoms with Gasteiger partial charge >= 0.3 is 6.18 Å². The molecule has 0 aliphatic heterocycles. The molecule has 2 aromatic carbocycles. The molecule has 0 saturated heterocycles. The maximum atomic E-state index is 13.3. The summed E-state index contributed by atoms with van der Waals surface area (Å²) >= 11 is 6.06. The Hall–Kier alpha value is -2.38. The summed E-state index contributed by atoms with van der Waals surface area (Å²) in [4.78, 5) is 0. The lowest BCUT2D eigenvalue weighted by Crippen LogP contribution is -2.06. The van der Waals surface area contributed by atoms with E-state index in [0.29, 0.717) is 35.0 Å². The number of hydrogen-bond donors (Lipinski definition) is 1. The molecule has 1 aromatic heterocycles. The molecule has 148 valence electrons. The van der Waals surface area contributed by atoms with Gasteiger partial charge in [0.1, 0.15) is 5.82 Å². The molecule has 0 atom stereocenters. The van der Waals surface area contributed by atoms with E-state index < -0.39 is 17.6 Å². The fourth-order valence-corrected chi connectivity index (χ4v) is 3.06. The van der Waals surface area contributed by atoms with Gasteiger partial charge in [0.05, 0.1) is 23.3 Å². The molecule has 0 bridgehead atoms. The van der Waals surface area contributed by atoms with Crippen molar-refractivity contribution in [2.75, 3.05) is 6.61 Å². The van der Waals surface area contributed by atoms with Gasteiger partial charge in [0.25, 0.3) is 0 Å². The maximum absolute atomic E-state index is 13.3. The Morgan fingerprint density at radius 2 is 1.93 bits per heavy atom. The molecule has 0 saturated carbocycles. The molecule has 0 unspecified atom stereocenters. The number of alkyl halides is 3. The van der Waals surface area contributed by atoms with Crippen molar-refractivity contribution in [2.45, 2.75) is 25.6 Å². The van der Waals surface area contributed by atoms with Crippen LogP contribution in [0.15, 0.2) is 42.5 Å². The highest BCUT2D eigenvalue weighted by molar-refractivity contribution is 6.31. The van der Waals surface area contributed by atoms with Crippen LogP contribution in [0, 0.1) is 5.82 Å². The van der Waals surface area contributed by atoms with Gasteiger partial charge in [-0.25, -0.2) is 4.39 Å². The van der Waals surface area contributed by atoms with E-state index in [1.165, 1.54) is 22.9 Å². The van der Waals surface area contributed by atoms with Crippen molar-refractivity contribution in [3.63, 3.8) is 0 Å². The van der Waals surface area contributed by atoms with Crippen LogP contribution >= 0.6 is 11.6 Å². The van der Waals surface area contributed by atoms with Gasteiger partial charge in [0.2, 0.25) is 0 Å². The van der Waals surface area contributed by atoms with Crippen molar-refractivity contribution in [1.29, 1.82) is 0 Å². The van der Waals surface area contributed by atoms with Gasteiger partial charge in [0, 0.05) is 17.0 Å². The highest BCUT2D eigenvalue weighted by atomic mass is 35.5. The molecule has 1 heterocycles. The number of unbranched alkanes of at least 4 members (excludes halogenated alkanes) is 1. The number of rotatable bonds is 6. The second-order valence-corrected chi connectivity index (χ2v) is 6.68. The van der Waals surface area contributed by atoms with Crippen molar-refractivity contribution in [1.82, 2.24) is 9.78 Å². The molecule has 0 aliphatic rings. The largest absolute Gasteiger partial charge is 0.416 e. The molecule has 0 spiro atoms. The van der Waals surface area contributed by atoms with Gasteiger partial charge in [-0.2, -0.15) is 18.3 Å². The lowest BCUT2D eigenvalue weighted by molar-refractivity contribution is -0.137. The van der Waals surface area contributed by atoms with E-state index in [1.54, 1.807) is 6.08 Å². The summed E-state index contributed by atoms with van der Waals surface area (Å²) in [5.41, 5.74) is 0.583. The molecule has 8 heteroatoms. The van der Waals surface area contributed by atoms with Gasteiger partial charge in [-0.15, -0.1) is 0 Å². The summed E-state index contributed by atoms with van der Waals surface area (Å²) in [6.07, 6.45) is 0.251. The first kappa shape index (κ1) is 20.4. The van der Waals surface area contributed by atoms with Crippen LogP contribution < -0.4 is 0 Å². The van der Waals surface area contributed by atoms with Crippen LogP contribution in [0.25, 0.3) is 17.0 Å². The number of aliphatic hydroxyl groups is 1. The number of nitrogens with zero attached hydrogens (tertiary/aromatic N) is 2. The van der Waals surface area contributed by atoms with Crippen molar-refractivity contribution in [3.8, 4) is 0 Å². The third kappa shape index (κ3) is 4.54. The van der Waals surface area contributed by atoms with Crippen molar-refractivity contribution >= 4 is 28.6 Å². The van der Waals surface area contributed by atoms with Gasteiger partial charge in [-0.1, -0.05) is 23.7 Å². The minimum atomic E-state index is -4.48. The Bertz CT molecular complexity index is 1010. The van der Waals surface area contributed by atoms with E-state index in [2.05, 4.69) is 5.10 Å². The zero-order chi connectivity index (χ0) is 20.3. The third-order valence-corrected chi connectivity index (χ3v) is 4.60. The summed E-state index contributed by atoms with van der Waals surface area (Å²) in [7, 11) is 0. The normalized spacial score (nSPS) is 12.4. The minimum absolute atomic E-state index is 0.0531. The van der Waals surface area contributed by atoms with E-state index in [1.807, 2.05) is 6.08 Å². The number of aromatic nitrogens is 2. The Balaban J connectivity index is 2.06. The summed E-state index contributed by atoms with van der Waals surface area (Å²) in [5, 5.41) is 14.0. The van der Waals surface area contributed by atoms with E-state index in [-0.39, 0.29) is 18.2 Å². The quantitative estimate of drug-likeness (QED) is 0.417. The summed E-state index contributed by atoms with van der Waals surface area (Å²) in [6.45, 7) is 0.152. The van der Waals surface area contributed by atoms with E-state index in [0.717, 1.165) is 18.2 Å². The van der Waals surface area contributed by atoms with E-state index in [9.17, 15) is 17.6 Å². The molecular weight excluding hydrogens is 396 g/mol. The molecule has 0 fully saturated rings. The molecule has 3 rings (SSSR count). The molecule has 1 N–H and O–H groups in total. The fourth-order valence-electron chi connectivity index (χ4n) is 2.83. The van der Waals surface area contributed by atoms with Crippen molar-refractivity contribution < 1.29 is 22.7 Å².